The number of carbonyl (C=O) groups excluding carboxylic acids is 1. The fourth-order valence-electron chi connectivity index (χ4n) is 2.77. The van der Waals surface area contributed by atoms with Gasteiger partial charge in [-0.1, -0.05) is 17.3 Å². The minimum Gasteiger partial charge on any atom is -0.457 e. The molecule has 2 aromatic carbocycles. The maximum absolute atomic E-state index is 14.4. The van der Waals surface area contributed by atoms with Gasteiger partial charge in [-0.05, 0) is 62.7 Å². The van der Waals surface area contributed by atoms with Crippen molar-refractivity contribution in [1.82, 2.24) is 15.0 Å². The molecule has 0 fully saturated rings. The molecular weight excluding hydrogens is 375 g/mol. The van der Waals surface area contributed by atoms with E-state index in [1.165, 1.54) is 23.1 Å². The lowest BCUT2D eigenvalue weighted by Gasteiger charge is -2.22. The monoisotopic (exact) mass is 398 g/mol. The highest BCUT2D eigenvalue weighted by molar-refractivity contribution is 5.95. The third-order valence-corrected chi connectivity index (χ3v) is 4.56. The first-order chi connectivity index (χ1) is 13.9. The summed E-state index contributed by atoms with van der Waals surface area (Å²) < 4.78 is 25.2. The molecule has 0 radical (unpaired) electrons. The number of ether oxygens (including phenoxy) is 1. The summed E-state index contributed by atoms with van der Waals surface area (Å²) in [5.41, 5.74) is 6.54. The summed E-state index contributed by atoms with van der Waals surface area (Å²) in [7, 11) is 1.55. The fraction of sp³-hybridized carbons (Fsp3) is 0.286. The number of carbonyl (C=O) groups is 1. The highest BCUT2D eigenvalue weighted by Crippen LogP contribution is 2.26. The summed E-state index contributed by atoms with van der Waals surface area (Å²) in [6.07, 6.45) is 0.777. The van der Waals surface area contributed by atoms with Crippen molar-refractivity contribution >= 4 is 5.91 Å². The van der Waals surface area contributed by atoms with Crippen LogP contribution in [0.5, 0.6) is 11.5 Å². The molecule has 1 amide bonds. The van der Waals surface area contributed by atoms with Crippen LogP contribution in [0.1, 0.15) is 40.6 Å². The number of amides is 1. The van der Waals surface area contributed by atoms with Crippen molar-refractivity contribution in [1.29, 1.82) is 0 Å². The number of rotatable bonds is 7. The number of nitrogens with zero attached hydrogens (tertiary/aromatic N) is 3. The van der Waals surface area contributed by atoms with Crippen molar-refractivity contribution in [3.8, 4) is 11.5 Å². The standard InChI is InChI=1S/C21H23FN4O3/c1-13(20-24-14(2)25-29-20)26(3)21(27)18-12-17(8-9-19(18)22)28-16-6-4-15(5-7-16)10-11-23/h4-9,12-13H,10-11,23H2,1-3H3. The molecule has 0 aliphatic heterocycles. The molecule has 1 aromatic heterocycles. The van der Waals surface area contributed by atoms with Gasteiger partial charge in [0.2, 0.25) is 5.89 Å². The Bertz CT molecular complexity index is 988. The maximum Gasteiger partial charge on any atom is 0.257 e. The van der Waals surface area contributed by atoms with Crippen LogP contribution in [0.4, 0.5) is 4.39 Å². The third-order valence-electron chi connectivity index (χ3n) is 4.56. The molecule has 152 valence electrons. The predicted molar refractivity (Wildman–Crippen MR) is 105 cm³/mol. The highest BCUT2D eigenvalue weighted by Gasteiger charge is 2.25. The molecule has 8 heteroatoms. The fourth-order valence-corrected chi connectivity index (χ4v) is 2.77. The number of nitrogens with two attached hydrogens (primary N) is 1. The van der Waals surface area contributed by atoms with E-state index in [1.54, 1.807) is 20.9 Å². The Balaban J connectivity index is 1.78. The Kier molecular flexibility index (Phi) is 6.23. The van der Waals surface area contributed by atoms with Gasteiger partial charge in [-0.15, -0.1) is 0 Å². The van der Waals surface area contributed by atoms with Crippen LogP contribution in [0.2, 0.25) is 0 Å². The van der Waals surface area contributed by atoms with Gasteiger partial charge in [0.1, 0.15) is 23.4 Å². The van der Waals surface area contributed by atoms with Gasteiger partial charge >= 0.3 is 0 Å². The second kappa shape index (κ2) is 8.83. The smallest absolute Gasteiger partial charge is 0.257 e. The van der Waals surface area contributed by atoms with Crippen LogP contribution in [0.3, 0.4) is 0 Å². The lowest BCUT2D eigenvalue weighted by atomic mass is 10.1. The number of benzene rings is 2. The zero-order chi connectivity index (χ0) is 21.0. The second-order valence-corrected chi connectivity index (χ2v) is 6.70. The van der Waals surface area contributed by atoms with Crippen molar-refractivity contribution in [2.75, 3.05) is 13.6 Å². The van der Waals surface area contributed by atoms with E-state index in [9.17, 15) is 9.18 Å². The molecule has 1 heterocycles. The summed E-state index contributed by atoms with van der Waals surface area (Å²) in [5, 5.41) is 3.72. The van der Waals surface area contributed by atoms with E-state index in [-0.39, 0.29) is 11.5 Å². The van der Waals surface area contributed by atoms with Crippen LogP contribution in [0, 0.1) is 12.7 Å². The Labute approximate surface area is 168 Å². The zero-order valence-corrected chi connectivity index (χ0v) is 16.6. The Hall–Kier alpha value is -3.26. The van der Waals surface area contributed by atoms with Crippen molar-refractivity contribution in [2.24, 2.45) is 5.73 Å². The molecule has 3 rings (SSSR count). The van der Waals surface area contributed by atoms with E-state index in [2.05, 4.69) is 10.1 Å². The SMILES string of the molecule is Cc1noc(C(C)N(C)C(=O)c2cc(Oc3ccc(CCN)cc3)ccc2F)n1. The topological polar surface area (TPSA) is 94.5 Å². The molecular formula is C21H23FN4O3. The van der Waals surface area contributed by atoms with E-state index < -0.39 is 17.8 Å². The number of hydrogen-bond donors (Lipinski definition) is 1. The first-order valence-corrected chi connectivity index (χ1v) is 9.23. The summed E-state index contributed by atoms with van der Waals surface area (Å²) in [6, 6.07) is 11.0. The molecule has 0 saturated heterocycles. The molecule has 1 atom stereocenters. The van der Waals surface area contributed by atoms with Gasteiger partial charge in [0.05, 0.1) is 5.56 Å². The molecule has 0 saturated carbocycles. The molecule has 3 aromatic rings. The van der Waals surface area contributed by atoms with Gasteiger partial charge < -0.3 is 19.9 Å². The summed E-state index contributed by atoms with van der Waals surface area (Å²) in [5.74, 6) is 0.529. The Morgan fingerprint density at radius 2 is 1.93 bits per heavy atom. The van der Waals surface area contributed by atoms with E-state index >= 15 is 0 Å². The van der Waals surface area contributed by atoms with Gasteiger partial charge in [-0.25, -0.2) is 4.39 Å². The average Bonchev–Trinajstić information content (AvgIpc) is 3.16. The number of aryl methyl sites for hydroxylation is 1. The molecule has 1 unspecified atom stereocenters. The lowest BCUT2D eigenvalue weighted by molar-refractivity contribution is 0.0711. The second-order valence-electron chi connectivity index (χ2n) is 6.70. The lowest BCUT2D eigenvalue weighted by Crippen LogP contribution is -2.30. The van der Waals surface area contributed by atoms with Crippen molar-refractivity contribution in [2.45, 2.75) is 26.3 Å². The van der Waals surface area contributed by atoms with Crippen molar-refractivity contribution in [3.05, 3.63) is 71.1 Å². The Morgan fingerprint density at radius 1 is 1.24 bits per heavy atom. The van der Waals surface area contributed by atoms with Gasteiger partial charge in [0, 0.05) is 7.05 Å². The molecule has 0 aliphatic rings. The summed E-state index contributed by atoms with van der Waals surface area (Å²) in [4.78, 5) is 18.3. The first-order valence-electron chi connectivity index (χ1n) is 9.23. The van der Waals surface area contributed by atoms with Gasteiger partial charge in [0.25, 0.3) is 5.91 Å². The highest BCUT2D eigenvalue weighted by atomic mass is 19.1. The summed E-state index contributed by atoms with van der Waals surface area (Å²) in [6.45, 7) is 3.98. The van der Waals surface area contributed by atoms with Crippen LogP contribution in [-0.2, 0) is 6.42 Å². The van der Waals surface area contributed by atoms with E-state index in [4.69, 9.17) is 15.0 Å². The van der Waals surface area contributed by atoms with Gasteiger partial charge in [-0.3, -0.25) is 4.79 Å². The molecule has 0 spiro atoms. The van der Waals surface area contributed by atoms with E-state index in [0.29, 0.717) is 23.9 Å². The van der Waals surface area contributed by atoms with E-state index in [1.807, 2.05) is 24.3 Å². The van der Waals surface area contributed by atoms with Crippen molar-refractivity contribution < 1.29 is 18.4 Å². The molecule has 29 heavy (non-hydrogen) atoms. The maximum atomic E-state index is 14.4. The Morgan fingerprint density at radius 3 is 2.55 bits per heavy atom. The van der Waals surface area contributed by atoms with Crippen molar-refractivity contribution in [3.63, 3.8) is 0 Å². The molecule has 7 nitrogen and oxygen atoms in total. The molecule has 0 aliphatic carbocycles. The van der Waals surface area contributed by atoms with Gasteiger partial charge in [0.15, 0.2) is 5.82 Å². The predicted octanol–water partition coefficient (Wildman–Crippen LogP) is 3.64. The third kappa shape index (κ3) is 4.78. The van der Waals surface area contributed by atoms with Crippen LogP contribution in [0.25, 0.3) is 0 Å². The van der Waals surface area contributed by atoms with Gasteiger partial charge in [-0.2, -0.15) is 4.98 Å². The number of halogens is 1. The minimum atomic E-state index is -0.638. The quantitative estimate of drug-likeness (QED) is 0.653. The first kappa shape index (κ1) is 20.5. The van der Waals surface area contributed by atoms with E-state index in [0.717, 1.165) is 12.0 Å². The molecule has 2 N–H and O–H groups in total. The molecule has 0 bridgehead atoms. The largest absolute Gasteiger partial charge is 0.457 e. The van der Waals surface area contributed by atoms with Crippen LogP contribution < -0.4 is 10.5 Å². The normalized spacial score (nSPS) is 11.9. The zero-order valence-electron chi connectivity index (χ0n) is 16.6. The van der Waals surface area contributed by atoms with Crippen LogP contribution in [0.15, 0.2) is 47.0 Å². The summed E-state index contributed by atoms with van der Waals surface area (Å²) >= 11 is 0. The number of aromatic nitrogens is 2. The minimum absolute atomic E-state index is 0.104. The average molecular weight is 398 g/mol. The number of hydrogen-bond acceptors (Lipinski definition) is 6. The van der Waals surface area contributed by atoms with Crippen LogP contribution in [-0.4, -0.2) is 34.5 Å². The van der Waals surface area contributed by atoms with Crippen LogP contribution >= 0.6 is 0 Å².